The molecule has 0 bridgehead atoms. The molecule has 8 nitrogen and oxygen atoms in total. The van der Waals surface area contributed by atoms with Gasteiger partial charge in [-0.2, -0.15) is 0 Å². The van der Waals surface area contributed by atoms with Crippen LogP contribution in [0.5, 0.6) is 0 Å². The maximum absolute atomic E-state index is 12.3. The summed E-state index contributed by atoms with van der Waals surface area (Å²) in [4.78, 5) is 34.5. The molecule has 2 aromatic carbocycles. The Labute approximate surface area is 285 Å². The number of likely N-dealkylation sites (tertiary alicyclic amines) is 1. The third-order valence-corrected chi connectivity index (χ3v) is 9.47. The zero-order chi connectivity index (χ0) is 35.5. The first-order valence-electron chi connectivity index (χ1n) is 16.5. The fourth-order valence-corrected chi connectivity index (χ4v) is 6.35. The minimum Gasteiger partial charge on any atom is -0.378 e. The molecule has 48 heavy (non-hydrogen) atoms. The standard InChI is InChI=1S/C9H9FO.C8H7FO.C7H13N.C7H12O3S.C6H11NO/c10-9-5-3-8(4-6-9)2-1-7-11;9-8-3-1-7(2-4-8)5-6-10;1-2-8-6-4-3-5-7-8;8-4-1-7-2-5-11(9,10)6-3-7;1-2-7-3-5-8-6-4-7/h3-7H,1-2H2;1-4,6H,5H2;2H,1,3-7H2;4,7H,1-3,5-6H2;2H,1,3-6H2. The van der Waals surface area contributed by atoms with Gasteiger partial charge < -0.3 is 28.9 Å². The summed E-state index contributed by atoms with van der Waals surface area (Å²) in [6.07, 6.45) is 13.9. The Morgan fingerprint density at radius 2 is 1.21 bits per heavy atom. The van der Waals surface area contributed by atoms with E-state index in [0.717, 1.165) is 56.3 Å². The average Bonchev–Trinajstić information content (AvgIpc) is 3.12. The van der Waals surface area contributed by atoms with Crippen LogP contribution in [0.2, 0.25) is 0 Å². The van der Waals surface area contributed by atoms with Crippen LogP contribution in [-0.4, -0.2) is 88.0 Å². The number of rotatable bonds is 9. The summed E-state index contributed by atoms with van der Waals surface area (Å²) in [5.41, 5.74) is 1.84. The number of sulfone groups is 1. The Morgan fingerprint density at radius 3 is 1.62 bits per heavy atom. The Hall–Kier alpha value is -3.70. The molecular weight excluding hydrogens is 638 g/mol. The molecule has 0 amide bonds. The molecular formula is C37H52F2N2O6S. The molecule has 5 rings (SSSR count). The summed E-state index contributed by atoms with van der Waals surface area (Å²) < 4.78 is 51.5. The maximum atomic E-state index is 12.3. The SMILES string of the molecule is C=CN1CCCCC1.C=CN1CCOCC1.O=CCC1CCS(=O)(=O)CC1.O=CCCc1ccc(F)cc1.O=CCc1ccc(F)cc1. The van der Waals surface area contributed by atoms with Crippen LogP contribution in [0, 0.1) is 17.6 Å². The smallest absolute Gasteiger partial charge is 0.150 e. The van der Waals surface area contributed by atoms with Crippen LogP contribution in [0.25, 0.3) is 0 Å². The van der Waals surface area contributed by atoms with E-state index < -0.39 is 9.84 Å². The molecule has 0 spiro atoms. The van der Waals surface area contributed by atoms with Crippen molar-refractivity contribution < 1.29 is 36.3 Å². The van der Waals surface area contributed by atoms with Crippen LogP contribution in [-0.2, 0) is 41.8 Å². The predicted octanol–water partition coefficient (Wildman–Crippen LogP) is 6.00. The van der Waals surface area contributed by atoms with Gasteiger partial charge in [0.15, 0.2) is 0 Å². The Kier molecular flexibility index (Phi) is 23.2. The molecule has 3 aliphatic rings. The van der Waals surface area contributed by atoms with E-state index >= 15 is 0 Å². The summed E-state index contributed by atoms with van der Waals surface area (Å²) in [5.74, 6) is 0.349. The lowest BCUT2D eigenvalue weighted by molar-refractivity contribution is -0.109. The van der Waals surface area contributed by atoms with E-state index in [9.17, 15) is 31.6 Å². The fourth-order valence-electron chi connectivity index (χ4n) is 4.77. The van der Waals surface area contributed by atoms with E-state index in [1.54, 1.807) is 24.3 Å². The number of morpholine rings is 1. The molecule has 11 heteroatoms. The second kappa shape index (κ2) is 26.3. The van der Waals surface area contributed by atoms with E-state index in [-0.39, 0.29) is 23.1 Å². The van der Waals surface area contributed by atoms with Crippen molar-refractivity contribution in [2.75, 3.05) is 50.9 Å². The number of carbonyl (C=O) groups excluding carboxylic acids is 3. The second-order valence-corrected chi connectivity index (χ2v) is 13.7. The normalized spacial score (nSPS) is 16.7. The maximum Gasteiger partial charge on any atom is 0.150 e. The third-order valence-electron chi connectivity index (χ3n) is 7.75. The average molecular weight is 691 g/mol. The molecule has 3 aliphatic heterocycles. The number of aryl methyl sites for hydroxylation is 1. The van der Waals surface area contributed by atoms with E-state index in [2.05, 4.69) is 23.0 Å². The molecule has 0 aliphatic carbocycles. The third kappa shape index (κ3) is 21.2. The number of nitrogens with zero attached hydrogens (tertiary/aromatic N) is 2. The molecule has 3 saturated heterocycles. The van der Waals surface area contributed by atoms with Gasteiger partial charge in [-0.05, 0) is 92.2 Å². The molecule has 3 fully saturated rings. The van der Waals surface area contributed by atoms with Crippen molar-refractivity contribution in [2.24, 2.45) is 5.92 Å². The van der Waals surface area contributed by atoms with Crippen molar-refractivity contribution in [2.45, 2.75) is 57.8 Å². The van der Waals surface area contributed by atoms with E-state index in [1.807, 2.05) is 12.4 Å². The molecule has 0 saturated carbocycles. The number of hydrogen-bond donors (Lipinski definition) is 0. The number of benzene rings is 2. The number of ether oxygens (including phenoxy) is 1. The van der Waals surface area contributed by atoms with Crippen molar-refractivity contribution in [3.05, 3.63) is 96.9 Å². The highest BCUT2D eigenvalue weighted by Gasteiger charge is 2.22. The highest BCUT2D eigenvalue weighted by Crippen LogP contribution is 2.20. The van der Waals surface area contributed by atoms with Gasteiger partial charge in [-0.15, -0.1) is 0 Å². The molecule has 0 atom stereocenters. The van der Waals surface area contributed by atoms with Crippen molar-refractivity contribution in [1.29, 1.82) is 0 Å². The van der Waals surface area contributed by atoms with Crippen molar-refractivity contribution in [3.63, 3.8) is 0 Å². The lowest BCUT2D eigenvalue weighted by Gasteiger charge is -2.24. The molecule has 0 N–H and O–H groups in total. The van der Waals surface area contributed by atoms with Crippen LogP contribution >= 0.6 is 0 Å². The van der Waals surface area contributed by atoms with Gasteiger partial charge in [0, 0.05) is 45.4 Å². The monoisotopic (exact) mass is 690 g/mol. The summed E-state index contributed by atoms with van der Waals surface area (Å²) in [6, 6.07) is 12.1. The van der Waals surface area contributed by atoms with Crippen molar-refractivity contribution in [3.8, 4) is 0 Å². The van der Waals surface area contributed by atoms with Gasteiger partial charge in [0.1, 0.15) is 40.3 Å². The van der Waals surface area contributed by atoms with E-state index in [1.165, 1.54) is 56.6 Å². The first kappa shape index (κ1) is 42.3. The summed E-state index contributed by atoms with van der Waals surface area (Å²) in [5, 5.41) is 0. The van der Waals surface area contributed by atoms with Crippen molar-refractivity contribution in [1.82, 2.24) is 9.80 Å². The topological polar surface area (TPSA) is 101 Å². The summed E-state index contributed by atoms with van der Waals surface area (Å²) >= 11 is 0. The van der Waals surface area contributed by atoms with Crippen LogP contribution in [0.4, 0.5) is 8.78 Å². The number of halogens is 2. The van der Waals surface area contributed by atoms with Crippen LogP contribution < -0.4 is 0 Å². The number of hydrogen-bond acceptors (Lipinski definition) is 8. The first-order valence-corrected chi connectivity index (χ1v) is 18.3. The Balaban J connectivity index is 0.000000302. The Bertz CT molecular complexity index is 1240. The number of carbonyl (C=O) groups is 3. The highest BCUT2D eigenvalue weighted by atomic mass is 32.2. The second-order valence-electron chi connectivity index (χ2n) is 11.4. The van der Waals surface area contributed by atoms with E-state index in [4.69, 9.17) is 4.74 Å². The number of aldehydes is 3. The zero-order valence-electron chi connectivity index (χ0n) is 28.0. The minimum atomic E-state index is -2.75. The van der Waals surface area contributed by atoms with Gasteiger partial charge in [0.25, 0.3) is 0 Å². The molecule has 0 aromatic heterocycles. The van der Waals surface area contributed by atoms with Gasteiger partial charge in [-0.1, -0.05) is 37.4 Å². The van der Waals surface area contributed by atoms with Gasteiger partial charge in [0.05, 0.1) is 24.7 Å². The lowest BCUT2D eigenvalue weighted by Crippen LogP contribution is -2.31. The van der Waals surface area contributed by atoms with Crippen LogP contribution in [0.1, 0.15) is 56.1 Å². The first-order chi connectivity index (χ1) is 23.2. The fraction of sp³-hybridized carbons (Fsp3) is 0.486. The lowest BCUT2D eigenvalue weighted by atomic mass is 10.0. The molecule has 0 unspecified atom stereocenters. The minimum absolute atomic E-state index is 0.236. The predicted molar refractivity (Wildman–Crippen MR) is 187 cm³/mol. The van der Waals surface area contributed by atoms with Gasteiger partial charge >= 0.3 is 0 Å². The van der Waals surface area contributed by atoms with E-state index in [0.29, 0.717) is 44.4 Å². The molecule has 2 aromatic rings. The van der Waals surface area contributed by atoms with Gasteiger partial charge in [-0.25, -0.2) is 17.2 Å². The molecule has 266 valence electrons. The van der Waals surface area contributed by atoms with Gasteiger partial charge in [-0.3, -0.25) is 0 Å². The zero-order valence-corrected chi connectivity index (χ0v) is 28.8. The molecule has 3 heterocycles. The summed E-state index contributed by atoms with van der Waals surface area (Å²) in [6.45, 7) is 13.5. The van der Waals surface area contributed by atoms with Crippen LogP contribution in [0.15, 0.2) is 74.1 Å². The Morgan fingerprint density at radius 1 is 0.708 bits per heavy atom. The van der Waals surface area contributed by atoms with Crippen LogP contribution in [0.3, 0.4) is 0 Å². The summed E-state index contributed by atoms with van der Waals surface area (Å²) in [7, 11) is -2.75. The largest absolute Gasteiger partial charge is 0.378 e. The quantitative estimate of drug-likeness (QED) is 0.296. The number of piperidine rings is 1. The highest BCUT2D eigenvalue weighted by molar-refractivity contribution is 7.91. The van der Waals surface area contributed by atoms with Crippen molar-refractivity contribution >= 4 is 28.7 Å². The molecule has 0 radical (unpaired) electrons. The van der Waals surface area contributed by atoms with Gasteiger partial charge in [0.2, 0.25) is 0 Å².